The second kappa shape index (κ2) is 3.74. The van der Waals surface area contributed by atoms with E-state index in [-0.39, 0.29) is 5.28 Å². The van der Waals surface area contributed by atoms with Crippen molar-refractivity contribution < 1.29 is 0 Å². The third kappa shape index (κ3) is 1.83. The van der Waals surface area contributed by atoms with Crippen LogP contribution in [-0.2, 0) is 0 Å². The topological polar surface area (TPSA) is 70.9 Å². The Morgan fingerprint density at radius 3 is 3.06 bits per heavy atom. The lowest BCUT2D eigenvalue weighted by atomic mass is 10.5. The quantitative estimate of drug-likeness (QED) is 0.729. The van der Waals surface area contributed by atoms with Crippen LogP contribution in [0.4, 0.5) is 11.8 Å². The zero-order valence-electron chi connectivity index (χ0n) is 8.98. The number of fused-ring (bicyclic) bond motifs is 1. The molecule has 0 saturated carbocycles. The van der Waals surface area contributed by atoms with Crippen molar-refractivity contribution >= 4 is 29.0 Å². The van der Waals surface area contributed by atoms with E-state index in [4.69, 9.17) is 11.6 Å². The van der Waals surface area contributed by atoms with Crippen molar-refractivity contribution in [3.63, 3.8) is 0 Å². The van der Waals surface area contributed by atoms with E-state index in [1.807, 2.05) is 31.3 Å². The number of aromatic amines is 1. The van der Waals surface area contributed by atoms with Crippen LogP contribution in [0.15, 0.2) is 24.4 Å². The van der Waals surface area contributed by atoms with E-state index in [1.165, 1.54) is 0 Å². The van der Waals surface area contributed by atoms with E-state index in [0.717, 1.165) is 11.3 Å². The van der Waals surface area contributed by atoms with E-state index in [2.05, 4.69) is 25.5 Å². The van der Waals surface area contributed by atoms with Crippen molar-refractivity contribution in [2.45, 2.75) is 6.92 Å². The first-order chi connectivity index (χ1) is 8.22. The molecule has 0 spiro atoms. The minimum Gasteiger partial charge on any atom is -0.308 e. The van der Waals surface area contributed by atoms with Gasteiger partial charge in [0.25, 0.3) is 0 Å². The Labute approximate surface area is 102 Å². The average molecular weight is 249 g/mol. The number of H-pyrrole nitrogens is 1. The summed E-state index contributed by atoms with van der Waals surface area (Å²) in [4.78, 5) is 8.22. The van der Waals surface area contributed by atoms with Gasteiger partial charge in [-0.1, -0.05) is 0 Å². The van der Waals surface area contributed by atoms with Gasteiger partial charge in [-0.05, 0) is 30.7 Å². The Bertz CT molecular complexity index is 670. The average Bonchev–Trinajstić information content (AvgIpc) is 2.87. The van der Waals surface area contributed by atoms with Crippen LogP contribution >= 0.6 is 11.6 Å². The maximum absolute atomic E-state index is 5.85. The van der Waals surface area contributed by atoms with Crippen LogP contribution in [0, 0.1) is 6.92 Å². The second-order valence-electron chi connectivity index (χ2n) is 3.61. The molecule has 17 heavy (non-hydrogen) atoms. The maximum atomic E-state index is 5.85. The predicted molar refractivity (Wildman–Crippen MR) is 64.6 cm³/mol. The van der Waals surface area contributed by atoms with Crippen LogP contribution in [0.2, 0.25) is 5.28 Å². The van der Waals surface area contributed by atoms with Crippen LogP contribution in [0.5, 0.6) is 0 Å². The standard InChI is InChI=1S/C10H9ClN6/c1-6-5-7(16-15-6)12-10-14-9(11)13-8-3-2-4-17(8)10/h2-5H,1H3,(H2,12,13,14,15,16). The first-order valence-corrected chi connectivity index (χ1v) is 5.40. The molecule has 0 aromatic carbocycles. The van der Waals surface area contributed by atoms with Crippen molar-refractivity contribution in [1.82, 2.24) is 24.6 Å². The van der Waals surface area contributed by atoms with Crippen molar-refractivity contribution in [2.24, 2.45) is 0 Å². The zero-order chi connectivity index (χ0) is 11.8. The second-order valence-corrected chi connectivity index (χ2v) is 3.95. The molecule has 0 aliphatic carbocycles. The minimum absolute atomic E-state index is 0.200. The number of aromatic nitrogens is 5. The number of anilines is 2. The minimum atomic E-state index is 0.200. The summed E-state index contributed by atoms with van der Waals surface area (Å²) in [6, 6.07) is 5.61. The molecular weight excluding hydrogens is 240 g/mol. The highest BCUT2D eigenvalue weighted by Crippen LogP contribution is 2.16. The summed E-state index contributed by atoms with van der Waals surface area (Å²) < 4.78 is 1.80. The number of aryl methyl sites for hydroxylation is 1. The molecular formula is C10H9ClN6. The molecule has 3 aromatic heterocycles. The van der Waals surface area contributed by atoms with Gasteiger partial charge in [-0.2, -0.15) is 15.1 Å². The molecule has 0 radical (unpaired) electrons. The lowest BCUT2D eigenvalue weighted by Crippen LogP contribution is -2.02. The molecule has 0 aliphatic heterocycles. The summed E-state index contributed by atoms with van der Waals surface area (Å²) in [5, 5.41) is 10.2. The number of rotatable bonds is 2. The van der Waals surface area contributed by atoms with Crippen molar-refractivity contribution in [2.75, 3.05) is 5.32 Å². The number of hydrogen-bond acceptors (Lipinski definition) is 4. The van der Waals surface area contributed by atoms with Crippen LogP contribution in [-0.4, -0.2) is 24.6 Å². The van der Waals surface area contributed by atoms with Gasteiger partial charge in [-0.25, -0.2) is 0 Å². The molecule has 3 heterocycles. The summed E-state index contributed by atoms with van der Waals surface area (Å²) in [5.74, 6) is 1.27. The van der Waals surface area contributed by atoms with Crippen LogP contribution in [0.25, 0.3) is 5.65 Å². The molecule has 0 fully saturated rings. The SMILES string of the molecule is Cc1cc(Nc2nc(Cl)nc3cccn23)n[nH]1. The summed E-state index contributed by atoms with van der Waals surface area (Å²) in [5.41, 5.74) is 1.70. The maximum Gasteiger partial charge on any atom is 0.227 e. The molecule has 2 N–H and O–H groups in total. The lowest BCUT2D eigenvalue weighted by molar-refractivity contribution is 1.01. The van der Waals surface area contributed by atoms with E-state index < -0.39 is 0 Å². The smallest absolute Gasteiger partial charge is 0.227 e. The number of halogens is 1. The Morgan fingerprint density at radius 1 is 1.41 bits per heavy atom. The Morgan fingerprint density at radius 2 is 2.29 bits per heavy atom. The summed E-state index contributed by atoms with van der Waals surface area (Å²) in [6.45, 7) is 1.93. The monoisotopic (exact) mass is 248 g/mol. The highest BCUT2D eigenvalue weighted by molar-refractivity contribution is 6.28. The van der Waals surface area contributed by atoms with Gasteiger partial charge in [-0.3, -0.25) is 9.50 Å². The van der Waals surface area contributed by atoms with Gasteiger partial charge in [0, 0.05) is 18.0 Å². The molecule has 0 aliphatic rings. The molecule has 3 rings (SSSR count). The van der Waals surface area contributed by atoms with Gasteiger partial charge < -0.3 is 5.32 Å². The van der Waals surface area contributed by atoms with E-state index in [9.17, 15) is 0 Å². The molecule has 0 bridgehead atoms. The molecule has 0 atom stereocenters. The molecule has 6 nitrogen and oxygen atoms in total. The van der Waals surface area contributed by atoms with E-state index in [1.54, 1.807) is 4.40 Å². The Kier molecular flexibility index (Phi) is 2.22. The Hall–Kier alpha value is -2.08. The summed E-state index contributed by atoms with van der Waals surface area (Å²) in [7, 11) is 0. The highest BCUT2D eigenvalue weighted by atomic mass is 35.5. The first-order valence-electron chi connectivity index (χ1n) is 5.02. The van der Waals surface area contributed by atoms with Gasteiger partial charge in [0.1, 0.15) is 5.65 Å². The fraction of sp³-hybridized carbons (Fsp3) is 0.100. The van der Waals surface area contributed by atoms with E-state index in [0.29, 0.717) is 11.8 Å². The number of nitrogens with zero attached hydrogens (tertiary/aromatic N) is 4. The van der Waals surface area contributed by atoms with Crippen molar-refractivity contribution in [1.29, 1.82) is 0 Å². The molecule has 86 valence electrons. The van der Waals surface area contributed by atoms with Gasteiger partial charge in [0.2, 0.25) is 11.2 Å². The fourth-order valence-corrected chi connectivity index (χ4v) is 1.75. The summed E-state index contributed by atoms with van der Waals surface area (Å²) in [6.07, 6.45) is 1.85. The normalized spacial score (nSPS) is 10.9. The first kappa shape index (κ1) is 10.1. The predicted octanol–water partition coefficient (Wildman–Crippen LogP) is 2.16. The molecule has 0 saturated heterocycles. The lowest BCUT2D eigenvalue weighted by Gasteiger charge is -2.05. The zero-order valence-corrected chi connectivity index (χ0v) is 9.73. The molecule has 3 aromatic rings. The van der Waals surface area contributed by atoms with Crippen LogP contribution < -0.4 is 5.32 Å². The molecule has 0 amide bonds. The summed E-state index contributed by atoms with van der Waals surface area (Å²) >= 11 is 5.85. The van der Waals surface area contributed by atoms with Gasteiger partial charge in [0.05, 0.1) is 0 Å². The van der Waals surface area contributed by atoms with E-state index >= 15 is 0 Å². The molecule has 0 unspecified atom stereocenters. The number of nitrogens with one attached hydrogen (secondary N) is 2. The Balaban J connectivity index is 2.07. The van der Waals surface area contributed by atoms with Crippen LogP contribution in [0.3, 0.4) is 0 Å². The fourth-order valence-electron chi connectivity index (χ4n) is 1.59. The highest BCUT2D eigenvalue weighted by Gasteiger charge is 2.07. The third-order valence-electron chi connectivity index (χ3n) is 2.31. The largest absolute Gasteiger partial charge is 0.308 e. The van der Waals surface area contributed by atoms with Gasteiger partial charge in [0.15, 0.2) is 5.82 Å². The van der Waals surface area contributed by atoms with Crippen molar-refractivity contribution in [3.8, 4) is 0 Å². The van der Waals surface area contributed by atoms with Gasteiger partial charge in [-0.15, -0.1) is 0 Å². The molecule has 7 heteroatoms. The van der Waals surface area contributed by atoms with Gasteiger partial charge >= 0.3 is 0 Å². The van der Waals surface area contributed by atoms with Crippen LogP contribution in [0.1, 0.15) is 5.69 Å². The number of hydrogen-bond donors (Lipinski definition) is 2. The van der Waals surface area contributed by atoms with Crippen molar-refractivity contribution in [3.05, 3.63) is 35.4 Å². The third-order valence-corrected chi connectivity index (χ3v) is 2.48.